The smallest absolute Gasteiger partial charge is 0.118 e. The van der Waals surface area contributed by atoms with Gasteiger partial charge < -0.3 is 9.73 Å². The molecule has 0 aliphatic carbocycles. The largest absolute Gasteiger partial charge is 0.465 e. The zero-order chi connectivity index (χ0) is 13.5. The van der Waals surface area contributed by atoms with Crippen molar-refractivity contribution in [3.8, 4) is 0 Å². The van der Waals surface area contributed by atoms with Crippen molar-refractivity contribution in [2.24, 2.45) is 11.8 Å². The molecule has 0 spiro atoms. The second-order valence-corrected chi connectivity index (χ2v) is 5.87. The Morgan fingerprint density at radius 3 is 2.50 bits per heavy atom. The summed E-state index contributed by atoms with van der Waals surface area (Å²) in [5, 5.41) is 3.51. The van der Waals surface area contributed by atoms with Crippen molar-refractivity contribution < 1.29 is 4.42 Å². The number of nitrogens with one attached hydrogen (secondary N) is 1. The van der Waals surface area contributed by atoms with E-state index in [-0.39, 0.29) is 0 Å². The first-order valence-corrected chi connectivity index (χ1v) is 6.92. The summed E-state index contributed by atoms with van der Waals surface area (Å²) in [5.74, 6) is 3.42. The summed E-state index contributed by atoms with van der Waals surface area (Å²) in [6.45, 7) is 12.9. The van der Waals surface area contributed by atoms with Gasteiger partial charge in [0.15, 0.2) is 0 Å². The van der Waals surface area contributed by atoms with Crippen molar-refractivity contribution >= 4 is 0 Å². The SMILES string of the molecule is Cc1ccc(CN(C)CC(C)CNCC(C)C)o1. The molecule has 0 saturated heterocycles. The van der Waals surface area contributed by atoms with E-state index in [2.05, 4.69) is 44.1 Å². The molecule has 1 aromatic rings. The van der Waals surface area contributed by atoms with Crippen molar-refractivity contribution in [2.75, 3.05) is 26.7 Å². The molecule has 0 saturated carbocycles. The van der Waals surface area contributed by atoms with Crippen molar-refractivity contribution in [3.63, 3.8) is 0 Å². The summed E-state index contributed by atoms with van der Waals surface area (Å²) in [7, 11) is 2.15. The van der Waals surface area contributed by atoms with Gasteiger partial charge in [0, 0.05) is 6.54 Å². The summed E-state index contributed by atoms with van der Waals surface area (Å²) in [4.78, 5) is 2.32. The van der Waals surface area contributed by atoms with E-state index in [4.69, 9.17) is 4.42 Å². The van der Waals surface area contributed by atoms with E-state index in [0.29, 0.717) is 5.92 Å². The molecule has 1 rings (SSSR count). The molecule has 1 N–H and O–H groups in total. The highest BCUT2D eigenvalue weighted by Crippen LogP contribution is 2.09. The summed E-state index contributed by atoms with van der Waals surface area (Å²) in [6.07, 6.45) is 0. The van der Waals surface area contributed by atoms with Crippen LogP contribution in [-0.2, 0) is 6.54 Å². The lowest BCUT2D eigenvalue weighted by atomic mass is 10.1. The monoisotopic (exact) mass is 252 g/mol. The maximum Gasteiger partial charge on any atom is 0.118 e. The van der Waals surface area contributed by atoms with Crippen LogP contribution in [0.1, 0.15) is 32.3 Å². The molecule has 0 radical (unpaired) electrons. The summed E-state index contributed by atoms with van der Waals surface area (Å²) in [6, 6.07) is 4.09. The summed E-state index contributed by atoms with van der Waals surface area (Å²) in [5.41, 5.74) is 0. The Labute approximate surface area is 112 Å². The standard InChI is InChI=1S/C15H28N2O/c1-12(2)8-16-9-13(3)10-17(5)11-15-7-6-14(4)18-15/h6-7,12-13,16H,8-11H2,1-5H3. The zero-order valence-electron chi connectivity index (χ0n) is 12.5. The number of hydrogen-bond donors (Lipinski definition) is 1. The molecule has 1 aromatic heterocycles. The van der Waals surface area contributed by atoms with Crippen LogP contribution in [0, 0.1) is 18.8 Å². The van der Waals surface area contributed by atoms with Crippen LogP contribution in [0.3, 0.4) is 0 Å². The summed E-state index contributed by atoms with van der Waals surface area (Å²) < 4.78 is 5.59. The first-order valence-electron chi connectivity index (χ1n) is 6.92. The van der Waals surface area contributed by atoms with Crippen molar-refractivity contribution in [1.29, 1.82) is 0 Å². The van der Waals surface area contributed by atoms with Crippen LogP contribution < -0.4 is 5.32 Å². The molecule has 0 bridgehead atoms. The van der Waals surface area contributed by atoms with Gasteiger partial charge in [0.2, 0.25) is 0 Å². The predicted octanol–water partition coefficient (Wildman–Crippen LogP) is 2.90. The van der Waals surface area contributed by atoms with Gasteiger partial charge >= 0.3 is 0 Å². The van der Waals surface area contributed by atoms with E-state index in [1.54, 1.807) is 0 Å². The topological polar surface area (TPSA) is 28.4 Å². The van der Waals surface area contributed by atoms with E-state index >= 15 is 0 Å². The van der Waals surface area contributed by atoms with Crippen LogP contribution in [0.4, 0.5) is 0 Å². The lowest BCUT2D eigenvalue weighted by molar-refractivity contribution is 0.251. The van der Waals surface area contributed by atoms with Crippen LogP contribution in [0.25, 0.3) is 0 Å². The molecule has 0 amide bonds. The Kier molecular flexibility index (Phi) is 6.44. The van der Waals surface area contributed by atoms with E-state index in [1.165, 1.54) is 0 Å². The van der Waals surface area contributed by atoms with Crippen molar-refractivity contribution in [1.82, 2.24) is 10.2 Å². The number of nitrogens with zero attached hydrogens (tertiary/aromatic N) is 1. The van der Waals surface area contributed by atoms with Gasteiger partial charge in [-0.15, -0.1) is 0 Å². The third-order valence-electron chi connectivity index (χ3n) is 2.89. The molecule has 1 atom stereocenters. The van der Waals surface area contributed by atoms with E-state index in [9.17, 15) is 0 Å². The number of hydrogen-bond acceptors (Lipinski definition) is 3. The Morgan fingerprint density at radius 1 is 1.22 bits per heavy atom. The maximum atomic E-state index is 5.59. The molecule has 0 aliphatic heterocycles. The molecule has 1 unspecified atom stereocenters. The molecule has 0 fully saturated rings. The lowest BCUT2D eigenvalue weighted by Crippen LogP contribution is -2.32. The quantitative estimate of drug-likeness (QED) is 0.771. The highest BCUT2D eigenvalue weighted by molar-refractivity contribution is 5.05. The van der Waals surface area contributed by atoms with Crippen LogP contribution in [0.5, 0.6) is 0 Å². The molecule has 3 nitrogen and oxygen atoms in total. The molecular formula is C15H28N2O. The van der Waals surface area contributed by atoms with Gasteiger partial charge in [-0.05, 0) is 51.0 Å². The van der Waals surface area contributed by atoms with Gasteiger partial charge in [-0.1, -0.05) is 20.8 Å². The van der Waals surface area contributed by atoms with Crippen molar-refractivity contribution in [3.05, 3.63) is 23.7 Å². The van der Waals surface area contributed by atoms with E-state index in [1.807, 2.05) is 13.0 Å². The van der Waals surface area contributed by atoms with Gasteiger partial charge in [0.1, 0.15) is 11.5 Å². The molecule has 18 heavy (non-hydrogen) atoms. The second kappa shape index (κ2) is 7.59. The van der Waals surface area contributed by atoms with E-state index in [0.717, 1.165) is 43.6 Å². The van der Waals surface area contributed by atoms with Crippen LogP contribution >= 0.6 is 0 Å². The first-order chi connectivity index (χ1) is 8.47. The average molecular weight is 252 g/mol. The molecule has 3 heteroatoms. The van der Waals surface area contributed by atoms with Gasteiger partial charge in [0.05, 0.1) is 6.54 Å². The second-order valence-electron chi connectivity index (χ2n) is 5.87. The third-order valence-corrected chi connectivity index (χ3v) is 2.89. The van der Waals surface area contributed by atoms with Gasteiger partial charge in [0.25, 0.3) is 0 Å². The minimum absolute atomic E-state index is 0.657. The van der Waals surface area contributed by atoms with Gasteiger partial charge in [-0.3, -0.25) is 4.90 Å². The number of rotatable bonds is 8. The van der Waals surface area contributed by atoms with Gasteiger partial charge in [-0.2, -0.15) is 0 Å². The Hall–Kier alpha value is -0.800. The molecule has 0 aliphatic rings. The van der Waals surface area contributed by atoms with Crippen molar-refractivity contribution in [2.45, 2.75) is 34.2 Å². The highest BCUT2D eigenvalue weighted by Gasteiger charge is 2.08. The first kappa shape index (κ1) is 15.3. The fourth-order valence-corrected chi connectivity index (χ4v) is 2.12. The molecule has 0 aromatic carbocycles. The maximum absolute atomic E-state index is 5.59. The fraction of sp³-hybridized carbons (Fsp3) is 0.733. The molecule has 104 valence electrons. The van der Waals surface area contributed by atoms with Crippen LogP contribution in [-0.4, -0.2) is 31.6 Å². The minimum Gasteiger partial charge on any atom is -0.465 e. The zero-order valence-corrected chi connectivity index (χ0v) is 12.5. The Morgan fingerprint density at radius 2 is 1.94 bits per heavy atom. The van der Waals surface area contributed by atoms with Gasteiger partial charge in [-0.25, -0.2) is 0 Å². The average Bonchev–Trinajstić information content (AvgIpc) is 2.62. The predicted molar refractivity (Wildman–Crippen MR) is 76.7 cm³/mol. The Balaban J connectivity index is 2.20. The van der Waals surface area contributed by atoms with Crippen LogP contribution in [0.15, 0.2) is 16.5 Å². The normalized spacial score (nSPS) is 13.5. The fourth-order valence-electron chi connectivity index (χ4n) is 2.12. The number of aryl methyl sites for hydroxylation is 1. The minimum atomic E-state index is 0.657. The van der Waals surface area contributed by atoms with Crippen LogP contribution in [0.2, 0.25) is 0 Å². The molecule has 1 heterocycles. The van der Waals surface area contributed by atoms with E-state index < -0.39 is 0 Å². The Bertz CT molecular complexity index is 333. The summed E-state index contributed by atoms with van der Waals surface area (Å²) >= 11 is 0. The lowest BCUT2D eigenvalue weighted by Gasteiger charge is -2.21. The molecular weight excluding hydrogens is 224 g/mol. The third kappa shape index (κ3) is 6.22. The highest BCUT2D eigenvalue weighted by atomic mass is 16.3. The number of furan rings is 1.